The molecule has 6 heteroatoms. The number of carbonyl (C=O) groups excluding carboxylic acids is 1. The molecule has 0 aromatic heterocycles. The lowest BCUT2D eigenvalue weighted by Crippen LogP contribution is -2.42. The largest absolute Gasteiger partial charge is 0.496 e. The molecular formula is C28H28N4O2. The van der Waals surface area contributed by atoms with Gasteiger partial charge >= 0.3 is 0 Å². The monoisotopic (exact) mass is 452 g/mol. The van der Waals surface area contributed by atoms with Crippen molar-refractivity contribution in [3.8, 4) is 22.9 Å². The molecule has 1 amide bonds. The minimum Gasteiger partial charge on any atom is -0.496 e. The highest BCUT2D eigenvalue weighted by molar-refractivity contribution is 5.94. The summed E-state index contributed by atoms with van der Waals surface area (Å²) in [5.41, 5.74) is 5.33. The predicted octanol–water partition coefficient (Wildman–Crippen LogP) is 3.71. The van der Waals surface area contributed by atoms with E-state index in [2.05, 4.69) is 51.9 Å². The summed E-state index contributed by atoms with van der Waals surface area (Å²) < 4.78 is 5.65. The van der Waals surface area contributed by atoms with Gasteiger partial charge in [-0.3, -0.25) is 9.69 Å². The van der Waals surface area contributed by atoms with Crippen LogP contribution in [0.25, 0.3) is 11.1 Å². The Kier molecular flexibility index (Phi) is 6.31. The molecule has 2 saturated heterocycles. The van der Waals surface area contributed by atoms with Gasteiger partial charge in [-0.1, -0.05) is 30.3 Å². The fourth-order valence-electron chi connectivity index (χ4n) is 5.02. The molecule has 0 saturated carbocycles. The van der Waals surface area contributed by atoms with E-state index in [0.717, 1.165) is 42.1 Å². The molecule has 1 unspecified atom stereocenters. The first-order valence-electron chi connectivity index (χ1n) is 11.6. The number of fused-ring (bicyclic) bond motifs is 2. The number of ether oxygens (including phenoxy) is 1. The van der Waals surface area contributed by atoms with Crippen molar-refractivity contribution >= 4 is 5.91 Å². The molecule has 6 nitrogen and oxygen atoms in total. The minimum absolute atomic E-state index is 0.203. The van der Waals surface area contributed by atoms with Crippen molar-refractivity contribution in [2.45, 2.75) is 31.6 Å². The van der Waals surface area contributed by atoms with Crippen LogP contribution in [0.5, 0.6) is 5.75 Å². The van der Waals surface area contributed by atoms with Gasteiger partial charge in [0.25, 0.3) is 5.91 Å². The number of rotatable bonds is 7. The second-order valence-electron chi connectivity index (χ2n) is 9.03. The van der Waals surface area contributed by atoms with Crippen LogP contribution in [0.2, 0.25) is 0 Å². The first kappa shape index (κ1) is 22.1. The average molecular weight is 453 g/mol. The minimum atomic E-state index is -0.203. The van der Waals surface area contributed by atoms with E-state index in [-0.39, 0.29) is 5.91 Å². The van der Waals surface area contributed by atoms with E-state index in [9.17, 15) is 4.79 Å². The van der Waals surface area contributed by atoms with Gasteiger partial charge in [-0.25, -0.2) is 0 Å². The molecule has 172 valence electrons. The summed E-state index contributed by atoms with van der Waals surface area (Å²) in [4.78, 5) is 15.1. The normalized spacial score (nSPS) is 19.1. The van der Waals surface area contributed by atoms with Crippen LogP contribution in [0.1, 0.15) is 33.5 Å². The third-order valence-electron chi connectivity index (χ3n) is 6.76. The number of likely N-dealkylation sites (tertiary alicyclic amines) is 1. The Balaban J connectivity index is 1.32. The van der Waals surface area contributed by atoms with Crippen molar-refractivity contribution in [3.05, 3.63) is 89.0 Å². The van der Waals surface area contributed by atoms with Crippen LogP contribution in [0.15, 0.2) is 66.7 Å². The summed E-state index contributed by atoms with van der Waals surface area (Å²) in [5, 5.41) is 15.6. The van der Waals surface area contributed by atoms with E-state index in [0.29, 0.717) is 29.8 Å². The zero-order valence-corrected chi connectivity index (χ0v) is 19.3. The Bertz CT molecular complexity index is 1250. The predicted molar refractivity (Wildman–Crippen MR) is 131 cm³/mol. The summed E-state index contributed by atoms with van der Waals surface area (Å²) in [6.45, 7) is 3.55. The third-order valence-corrected chi connectivity index (χ3v) is 6.76. The standard InChI is InChI=1S/C28H28N4O2/c1-34-27-9-8-20(15-31-28(33)23-7-2-4-19(10-23)14-29)12-26(27)22-6-3-5-21(11-22)17-32-18-24-13-25(32)16-30-24/h2-12,24-25,30H,13,15-18H2,1H3,(H,31,33)/t24-,25?/m0/s1. The molecule has 0 aliphatic carbocycles. The van der Waals surface area contributed by atoms with Crippen molar-refractivity contribution in [1.82, 2.24) is 15.5 Å². The maximum Gasteiger partial charge on any atom is 0.251 e. The molecule has 0 radical (unpaired) electrons. The van der Waals surface area contributed by atoms with E-state index >= 15 is 0 Å². The first-order valence-corrected chi connectivity index (χ1v) is 11.6. The number of methoxy groups -OCH3 is 1. The van der Waals surface area contributed by atoms with Gasteiger partial charge in [-0.2, -0.15) is 5.26 Å². The van der Waals surface area contributed by atoms with Crippen LogP contribution >= 0.6 is 0 Å². The van der Waals surface area contributed by atoms with Crippen molar-refractivity contribution < 1.29 is 9.53 Å². The van der Waals surface area contributed by atoms with Gasteiger partial charge in [-0.05, 0) is 59.5 Å². The zero-order valence-electron chi connectivity index (χ0n) is 19.3. The van der Waals surface area contributed by atoms with Crippen molar-refractivity contribution in [2.75, 3.05) is 20.2 Å². The number of hydrogen-bond acceptors (Lipinski definition) is 5. The Labute approximate surface area is 200 Å². The molecule has 2 atom stereocenters. The van der Waals surface area contributed by atoms with Crippen LogP contribution in [0, 0.1) is 11.3 Å². The Hall–Kier alpha value is -3.66. The maximum atomic E-state index is 12.6. The fraction of sp³-hybridized carbons (Fsp3) is 0.286. The molecule has 2 aliphatic rings. The van der Waals surface area contributed by atoms with Crippen LogP contribution in [-0.2, 0) is 13.1 Å². The van der Waals surface area contributed by atoms with E-state index in [1.54, 1.807) is 31.4 Å². The molecule has 3 aromatic carbocycles. The first-order chi connectivity index (χ1) is 16.6. The molecule has 2 bridgehead atoms. The van der Waals surface area contributed by atoms with Crippen LogP contribution in [0.3, 0.4) is 0 Å². The smallest absolute Gasteiger partial charge is 0.251 e. The number of nitrogens with one attached hydrogen (secondary N) is 2. The Morgan fingerprint density at radius 1 is 1.15 bits per heavy atom. The van der Waals surface area contributed by atoms with Gasteiger partial charge in [0.2, 0.25) is 0 Å². The molecule has 2 heterocycles. The molecule has 2 fully saturated rings. The van der Waals surface area contributed by atoms with Crippen LogP contribution < -0.4 is 15.4 Å². The van der Waals surface area contributed by atoms with E-state index < -0.39 is 0 Å². The lowest BCUT2D eigenvalue weighted by atomic mass is 9.99. The van der Waals surface area contributed by atoms with Crippen molar-refractivity contribution in [1.29, 1.82) is 5.26 Å². The topological polar surface area (TPSA) is 77.4 Å². The summed E-state index contributed by atoms with van der Waals surface area (Å²) in [6, 6.07) is 24.7. The molecule has 5 rings (SSSR count). The van der Waals surface area contributed by atoms with Gasteiger partial charge in [0.15, 0.2) is 0 Å². The highest BCUT2D eigenvalue weighted by atomic mass is 16.5. The van der Waals surface area contributed by atoms with E-state index in [1.165, 1.54) is 12.0 Å². The molecular weight excluding hydrogens is 424 g/mol. The number of piperazine rings is 1. The van der Waals surface area contributed by atoms with Crippen molar-refractivity contribution in [3.63, 3.8) is 0 Å². The number of hydrogen-bond donors (Lipinski definition) is 2. The van der Waals surface area contributed by atoms with Gasteiger partial charge in [0.1, 0.15) is 5.75 Å². The number of nitrogens with zero attached hydrogens (tertiary/aromatic N) is 2. The van der Waals surface area contributed by atoms with E-state index in [4.69, 9.17) is 10.00 Å². The molecule has 0 spiro atoms. The van der Waals surface area contributed by atoms with Gasteiger partial charge in [0, 0.05) is 49.4 Å². The van der Waals surface area contributed by atoms with Gasteiger partial charge in [0.05, 0.1) is 18.7 Å². The number of nitriles is 1. The quantitative estimate of drug-likeness (QED) is 0.572. The molecule has 3 aromatic rings. The van der Waals surface area contributed by atoms with Crippen LogP contribution in [0.4, 0.5) is 0 Å². The highest BCUT2D eigenvalue weighted by Crippen LogP contribution is 2.32. The average Bonchev–Trinajstić information content (AvgIpc) is 3.51. The molecule has 2 aliphatic heterocycles. The molecule has 34 heavy (non-hydrogen) atoms. The summed E-state index contributed by atoms with van der Waals surface area (Å²) in [7, 11) is 1.68. The number of benzene rings is 3. The lowest BCUT2D eigenvalue weighted by Gasteiger charge is -2.27. The Morgan fingerprint density at radius 3 is 2.79 bits per heavy atom. The third kappa shape index (κ3) is 4.67. The fourth-order valence-corrected chi connectivity index (χ4v) is 5.02. The number of amides is 1. The summed E-state index contributed by atoms with van der Waals surface area (Å²) in [6.07, 6.45) is 1.25. The van der Waals surface area contributed by atoms with Crippen molar-refractivity contribution in [2.24, 2.45) is 0 Å². The zero-order chi connectivity index (χ0) is 23.5. The second kappa shape index (κ2) is 9.68. The number of carbonyl (C=O) groups is 1. The Morgan fingerprint density at radius 2 is 2.03 bits per heavy atom. The van der Waals surface area contributed by atoms with Gasteiger partial charge in [-0.15, -0.1) is 0 Å². The maximum absolute atomic E-state index is 12.6. The highest BCUT2D eigenvalue weighted by Gasteiger charge is 2.37. The van der Waals surface area contributed by atoms with Crippen LogP contribution in [-0.4, -0.2) is 43.1 Å². The van der Waals surface area contributed by atoms with E-state index in [1.807, 2.05) is 12.1 Å². The summed E-state index contributed by atoms with van der Waals surface area (Å²) >= 11 is 0. The lowest BCUT2D eigenvalue weighted by molar-refractivity contribution is 0.0951. The van der Waals surface area contributed by atoms with Gasteiger partial charge < -0.3 is 15.4 Å². The molecule has 2 N–H and O–H groups in total. The second-order valence-corrected chi connectivity index (χ2v) is 9.03. The summed E-state index contributed by atoms with van der Waals surface area (Å²) in [5.74, 6) is 0.601. The SMILES string of the molecule is COc1ccc(CNC(=O)c2cccc(C#N)c2)cc1-c1cccc(CN2C[C@@H]3CC2CN3)c1.